The summed E-state index contributed by atoms with van der Waals surface area (Å²) in [5.41, 5.74) is 20.5. The van der Waals surface area contributed by atoms with Gasteiger partial charge in [0.05, 0.1) is 46.3 Å². The van der Waals surface area contributed by atoms with E-state index >= 15 is 0 Å². The first-order valence-corrected chi connectivity index (χ1v) is 33.0. The van der Waals surface area contributed by atoms with Crippen molar-refractivity contribution < 1.29 is 99.1 Å². The second kappa shape index (κ2) is 33.5. The number of rotatable bonds is 33. The van der Waals surface area contributed by atoms with Crippen LogP contribution in [-0.2, 0) is 57.0 Å². The highest BCUT2D eigenvalue weighted by molar-refractivity contribution is 7.64. The fraction of sp³-hybridized carbons (Fsp3) is 0.379. The zero-order valence-electron chi connectivity index (χ0n) is 50.6. The van der Waals surface area contributed by atoms with Gasteiger partial charge in [0.2, 0.25) is 5.91 Å². The number of hydrogen-bond donors (Lipinski definition) is 3. The van der Waals surface area contributed by atoms with Gasteiger partial charge in [-0.05, 0) is 120 Å². The number of carbonyl (C=O) groups is 4. The van der Waals surface area contributed by atoms with Crippen molar-refractivity contribution in [2.24, 2.45) is 10.2 Å². The maximum atomic E-state index is 13.8. The largest absolute Gasteiger partial charge is 0.790 e. The molecule has 0 aliphatic carbocycles. The third kappa shape index (κ3) is 20.7. The Labute approximate surface area is 534 Å². The van der Waals surface area contributed by atoms with Crippen molar-refractivity contribution in [3.8, 4) is 29.1 Å². The van der Waals surface area contributed by atoms with Gasteiger partial charge in [0.1, 0.15) is 55.1 Å². The molecule has 7 rings (SSSR count). The van der Waals surface area contributed by atoms with E-state index in [1.807, 2.05) is 50.0 Å². The number of ketones is 1. The lowest BCUT2D eigenvalue weighted by Crippen LogP contribution is -2.34. The van der Waals surface area contributed by atoms with Gasteiger partial charge in [0.25, 0.3) is 27.1 Å². The van der Waals surface area contributed by atoms with Crippen LogP contribution >= 0.6 is 23.5 Å². The number of carboxylic acids is 1. The molecule has 2 aliphatic heterocycles. The second-order valence-corrected chi connectivity index (χ2v) is 24.8. The Balaban J connectivity index is 0.859. The minimum atomic E-state index is -6.30. The molecule has 1 fully saturated rings. The summed E-state index contributed by atoms with van der Waals surface area (Å²) in [5, 5.41) is 26.4. The molecular weight excluding hydrogens is 1300 g/mol. The van der Waals surface area contributed by atoms with Crippen molar-refractivity contribution in [3.05, 3.63) is 175 Å². The van der Waals surface area contributed by atoms with Crippen LogP contribution in [0.25, 0.3) is 32.5 Å². The first-order chi connectivity index (χ1) is 44.7. The maximum absolute atomic E-state index is 13.8. The van der Waals surface area contributed by atoms with Gasteiger partial charge in [0, 0.05) is 68.5 Å². The van der Waals surface area contributed by atoms with Crippen LogP contribution in [0.1, 0.15) is 117 Å². The highest BCUT2D eigenvalue weighted by Gasteiger charge is 2.39. The van der Waals surface area contributed by atoms with Crippen LogP contribution in [0.2, 0.25) is 0 Å². The van der Waals surface area contributed by atoms with Crippen LogP contribution in [0.3, 0.4) is 0 Å². The van der Waals surface area contributed by atoms with Gasteiger partial charge in [-0.3, -0.25) is 42.2 Å². The van der Waals surface area contributed by atoms with Gasteiger partial charge in [-0.2, -0.15) is 0 Å². The van der Waals surface area contributed by atoms with Crippen molar-refractivity contribution in [1.82, 2.24) is 20.2 Å². The third-order valence-electron chi connectivity index (χ3n) is 13.9. The number of aromatic amines is 1. The van der Waals surface area contributed by atoms with E-state index in [1.165, 1.54) is 24.3 Å². The summed E-state index contributed by atoms with van der Waals surface area (Å²) >= 11 is 0. The van der Waals surface area contributed by atoms with E-state index in [0.29, 0.717) is 33.4 Å². The Bertz CT molecular complexity index is 4270. The Morgan fingerprint density at radius 2 is 1.70 bits per heavy atom. The van der Waals surface area contributed by atoms with Crippen molar-refractivity contribution in [2.75, 3.05) is 52.9 Å². The molecule has 4 aromatic carbocycles. The molecule has 2 aliphatic rings. The van der Waals surface area contributed by atoms with E-state index in [4.69, 9.17) is 39.5 Å². The number of H-pyrrole nitrogens is 1. The Kier molecular flexibility index (Phi) is 26.0. The van der Waals surface area contributed by atoms with Crippen molar-refractivity contribution in [2.45, 2.75) is 90.9 Å². The summed E-state index contributed by atoms with van der Waals surface area (Å²) < 4.78 is 80.4. The molecule has 3 N–H and O–H groups in total. The quantitative estimate of drug-likeness (QED) is 0.0101. The monoisotopic (exact) mass is 1360 g/mol. The number of aromatic nitrogens is 2. The first-order valence-electron chi connectivity index (χ1n) is 28.6. The molecule has 5 aromatic rings. The van der Waals surface area contributed by atoms with Crippen LogP contribution < -0.4 is 66.5 Å². The number of phosphoric ester groups is 1. The van der Waals surface area contributed by atoms with Crippen molar-refractivity contribution >= 4 is 58.7 Å². The fourth-order valence-electron chi connectivity index (χ4n) is 9.72. The smallest absolute Gasteiger partial charge is 0.330 e. The number of hydrogen-bond acceptors (Lipinski definition) is 25. The highest BCUT2D eigenvalue weighted by Crippen LogP contribution is 2.60. The number of nitrogens with one attached hydrogen (secondary N) is 3. The maximum Gasteiger partial charge on any atom is 0.330 e. The Morgan fingerprint density at radius 1 is 0.915 bits per heavy atom. The van der Waals surface area contributed by atoms with Gasteiger partial charge in [-0.25, -0.2) is 9.11 Å². The van der Waals surface area contributed by atoms with Gasteiger partial charge in [-0.1, -0.05) is 66.6 Å². The molecular formula is C58H60N10O23P3-5. The lowest BCUT2D eigenvalue weighted by molar-refractivity contribution is -0.339. The molecule has 4 unspecified atom stereocenters. The molecule has 2 amide bonds. The summed E-state index contributed by atoms with van der Waals surface area (Å²) in [4.78, 5) is 130. The molecule has 94 heavy (non-hydrogen) atoms. The molecule has 6 atom stereocenters. The number of ether oxygens (including phenoxy) is 6. The molecule has 33 nitrogen and oxygen atoms in total. The second-order valence-electron chi connectivity index (χ2n) is 20.6. The van der Waals surface area contributed by atoms with E-state index in [1.54, 1.807) is 18.2 Å². The zero-order valence-corrected chi connectivity index (χ0v) is 53.3. The van der Waals surface area contributed by atoms with E-state index in [-0.39, 0.29) is 86.0 Å². The lowest BCUT2D eigenvalue weighted by atomic mass is 9.85. The first kappa shape index (κ1) is 72.8. The molecule has 36 heteroatoms. The van der Waals surface area contributed by atoms with Crippen LogP contribution in [0.15, 0.2) is 92.7 Å². The standard InChI is InChI=1S/C58H65N10O23P3/c1-5-10-36-26-47-44(22-34(36)3)54(45-23-35(4)37(11-6-2)27-48(45)88-47)43-25-38(16-17-42(43)57(73)74)46(69)15-9-19-62-55(71)39-12-7-14-41(24-39)85-32-52(65-67-60)84-21-20-83-31-51(70)61-18-8-13-40-29-68(58(75)64-56(40)72)53-28-49(86-33-63-66-59)50(89-53)30-87-93(79,80)91-94(81,82)90-92(76,77)78/h7,10,12,14,16-17,22-27,29,49-50,52-53H,5-6,9,11,15,18-21,28,30-33H2,1-4H3,(H,61,70)(H,62,71)(H,73,74)(H,79,80)(H,81,82)(H,64,72,75)(H2,76,77,78)/p-5/b36-10-/t49?,50-,52?,53-/m1/s1. The van der Waals surface area contributed by atoms with E-state index in [2.05, 4.69) is 68.7 Å². The average Bonchev–Trinajstić information content (AvgIpc) is 0.862. The average molecular weight is 1360 g/mol. The number of phosphoric acid groups is 3. The summed E-state index contributed by atoms with van der Waals surface area (Å²) in [7, 11) is -18.6. The predicted octanol–water partition coefficient (Wildman–Crippen LogP) is 2.38. The normalized spacial score (nSPS) is 16.7. The van der Waals surface area contributed by atoms with Gasteiger partial charge < -0.3 is 77.6 Å². The molecule has 0 saturated carbocycles. The minimum absolute atomic E-state index is 0.0117. The number of carbonyl (C=O) groups excluding carboxylic acids is 4. The van der Waals surface area contributed by atoms with E-state index in [0.717, 1.165) is 51.9 Å². The SMILES string of the molecule is CC/C=c1/cc2c(cc1C)=C(c1cc(C(=O)CCCNC(=O)c3cccc(OCC(N=[N+]=[N-])OCCOCC(=O)NCC#Cc4cn([C@H]5CC(OCN=[N+]=[N-])[C@@H](COP(=O)([O-])OP(=O)([O-])OP(=O)([O-])[O-])O5)c(=O)[nH]c4=O)c3)ccc1C(=O)[O-])c1cc(C)c(CCC)cc1O2. The van der Waals surface area contributed by atoms with Gasteiger partial charge in [-0.15, -0.1) is 0 Å². The molecule has 0 bridgehead atoms. The summed E-state index contributed by atoms with van der Waals surface area (Å²) in [6.45, 7) is 4.91. The summed E-state index contributed by atoms with van der Waals surface area (Å²) in [6.07, 6.45) is 0.149. The van der Waals surface area contributed by atoms with E-state index in [9.17, 15) is 67.1 Å². The third-order valence-corrected chi connectivity index (χ3v) is 17.6. The predicted molar refractivity (Wildman–Crippen MR) is 320 cm³/mol. The molecule has 3 heterocycles. The van der Waals surface area contributed by atoms with Crippen molar-refractivity contribution in [3.63, 3.8) is 0 Å². The summed E-state index contributed by atoms with van der Waals surface area (Å²) in [6, 6.07) is 18.4. The number of Topliss-reactive ketones (excluding diaryl/α,β-unsaturated/α-hetero) is 1. The molecule has 500 valence electrons. The van der Waals surface area contributed by atoms with Crippen molar-refractivity contribution in [1.29, 1.82) is 0 Å². The highest BCUT2D eigenvalue weighted by atomic mass is 31.3. The van der Waals surface area contributed by atoms with Crippen LogP contribution in [0.5, 0.6) is 17.2 Å². The number of amides is 2. The molecule has 1 aromatic heterocycles. The van der Waals surface area contributed by atoms with Crippen LogP contribution in [-0.4, -0.2) is 104 Å². The fourth-order valence-corrected chi connectivity index (χ4v) is 12.6. The van der Waals surface area contributed by atoms with E-state index < -0.39 is 97.1 Å². The van der Waals surface area contributed by atoms with Crippen LogP contribution in [0.4, 0.5) is 0 Å². The lowest BCUT2D eigenvalue weighted by Gasteiger charge is -2.37. The van der Waals surface area contributed by atoms with Crippen LogP contribution in [0, 0.1) is 25.7 Å². The summed E-state index contributed by atoms with van der Waals surface area (Å²) in [5.74, 6) is 3.49. The number of carboxylic acid groups (broad SMARTS) is 1. The number of aryl methyl sites for hydroxylation is 3. The number of benzene rings is 4. The van der Waals surface area contributed by atoms with Gasteiger partial charge >= 0.3 is 5.69 Å². The molecule has 0 spiro atoms. The topological polar surface area (TPSA) is 494 Å². The zero-order chi connectivity index (χ0) is 68.3. The Morgan fingerprint density at radius 3 is 2.43 bits per heavy atom. The number of fused-ring (bicyclic) bond motifs is 2. The molecule has 0 radical (unpaired) electrons. The Hall–Kier alpha value is -8.59. The molecule has 1 saturated heterocycles. The number of azide groups is 2. The van der Waals surface area contributed by atoms with Gasteiger partial charge in [0.15, 0.2) is 12.0 Å². The minimum Gasteiger partial charge on any atom is -0.790 e. The number of aromatic carboxylic acids is 1. The number of nitrogens with zero attached hydrogens (tertiary/aromatic N) is 7.